The van der Waals surface area contributed by atoms with Crippen molar-refractivity contribution in [1.29, 1.82) is 0 Å². The molecule has 10 heteroatoms. The highest BCUT2D eigenvalue weighted by Crippen LogP contribution is 2.22. The number of sulfonamides is 1. The Labute approximate surface area is 119 Å². The highest BCUT2D eigenvalue weighted by atomic mass is 32.2. The van der Waals surface area contributed by atoms with Crippen LogP contribution in [0.15, 0.2) is 22.5 Å². The van der Waals surface area contributed by atoms with Gasteiger partial charge in [0.15, 0.2) is 0 Å². The summed E-state index contributed by atoms with van der Waals surface area (Å²) in [5.41, 5.74) is 0.621. The number of carboxylic acid groups (broad SMARTS) is 1. The van der Waals surface area contributed by atoms with E-state index in [-0.39, 0.29) is 17.2 Å². The lowest BCUT2D eigenvalue weighted by atomic mass is 10.3. The van der Waals surface area contributed by atoms with Crippen LogP contribution in [0.3, 0.4) is 0 Å². The second-order valence-corrected chi connectivity index (χ2v) is 7.13. The summed E-state index contributed by atoms with van der Waals surface area (Å²) in [6.07, 6.45) is 1.28. The lowest BCUT2D eigenvalue weighted by Gasteiger charge is -2.04. The van der Waals surface area contributed by atoms with Crippen molar-refractivity contribution in [2.75, 3.05) is 0 Å². The van der Waals surface area contributed by atoms with E-state index in [9.17, 15) is 13.2 Å². The van der Waals surface area contributed by atoms with E-state index in [1.165, 1.54) is 23.0 Å². The predicted molar refractivity (Wildman–Crippen MR) is 70.7 cm³/mol. The van der Waals surface area contributed by atoms with Gasteiger partial charge in [-0.2, -0.15) is 0 Å². The van der Waals surface area contributed by atoms with E-state index < -0.39 is 16.0 Å². The Morgan fingerprint density at radius 2 is 2.25 bits per heavy atom. The molecule has 8 nitrogen and oxygen atoms in total. The Balaban J connectivity index is 2.08. The first kappa shape index (κ1) is 14.6. The molecule has 2 rings (SSSR count). The van der Waals surface area contributed by atoms with E-state index in [4.69, 9.17) is 5.11 Å². The topological polar surface area (TPSA) is 114 Å². The third-order valence-corrected chi connectivity index (χ3v) is 5.46. The molecule has 0 saturated carbocycles. The lowest BCUT2D eigenvalue weighted by Crippen LogP contribution is -2.23. The molecule has 108 valence electrons. The molecule has 0 radical (unpaired) electrons. The monoisotopic (exact) mass is 316 g/mol. The van der Waals surface area contributed by atoms with Crippen LogP contribution in [0.1, 0.15) is 10.6 Å². The SMILES string of the molecule is Cn1nncc1CNS(=O)(=O)c1ccc(CC(=O)O)s1. The average Bonchev–Trinajstić information content (AvgIpc) is 2.95. The molecule has 0 unspecified atom stereocenters. The third-order valence-electron chi connectivity index (χ3n) is 2.48. The van der Waals surface area contributed by atoms with Crippen LogP contribution in [-0.4, -0.2) is 34.5 Å². The number of aliphatic carboxylic acids is 1. The standard InChI is InChI=1S/C10H12N4O4S2/c1-14-7(5-11-13-14)6-12-20(17,18)10-3-2-8(19-10)4-9(15)16/h2-3,5,12H,4,6H2,1H3,(H,15,16). The quantitative estimate of drug-likeness (QED) is 0.774. The first-order chi connectivity index (χ1) is 9.38. The molecule has 0 aromatic carbocycles. The van der Waals surface area contributed by atoms with E-state index >= 15 is 0 Å². The van der Waals surface area contributed by atoms with Crippen LogP contribution >= 0.6 is 11.3 Å². The maximum absolute atomic E-state index is 12.0. The molecule has 0 spiro atoms. The summed E-state index contributed by atoms with van der Waals surface area (Å²) >= 11 is 0.940. The van der Waals surface area contributed by atoms with Crippen LogP contribution in [0, 0.1) is 0 Å². The molecule has 0 fully saturated rings. The molecule has 2 aromatic heterocycles. The molecule has 2 heterocycles. The number of nitrogens with zero attached hydrogens (tertiary/aromatic N) is 3. The summed E-state index contributed by atoms with van der Waals surface area (Å²) in [7, 11) is -2.00. The summed E-state index contributed by atoms with van der Waals surface area (Å²) in [6, 6.07) is 2.89. The smallest absolute Gasteiger partial charge is 0.308 e. The van der Waals surface area contributed by atoms with Crippen LogP contribution in [-0.2, 0) is 34.8 Å². The van der Waals surface area contributed by atoms with Crippen molar-refractivity contribution in [2.45, 2.75) is 17.2 Å². The largest absolute Gasteiger partial charge is 0.481 e. The normalized spacial score (nSPS) is 11.7. The number of hydrogen-bond donors (Lipinski definition) is 2. The van der Waals surface area contributed by atoms with Gasteiger partial charge in [-0.15, -0.1) is 16.4 Å². The Morgan fingerprint density at radius 1 is 1.50 bits per heavy atom. The fourth-order valence-electron chi connectivity index (χ4n) is 1.46. The number of carboxylic acids is 1. The van der Waals surface area contributed by atoms with E-state index in [1.54, 1.807) is 7.05 Å². The fourth-order valence-corrected chi connectivity index (χ4v) is 3.85. The minimum atomic E-state index is -3.66. The molecule has 0 aliphatic heterocycles. The van der Waals surface area contributed by atoms with Gasteiger partial charge in [-0.05, 0) is 12.1 Å². The summed E-state index contributed by atoms with van der Waals surface area (Å²) < 4.78 is 28.1. The van der Waals surface area contributed by atoms with Crippen molar-refractivity contribution >= 4 is 27.3 Å². The average molecular weight is 316 g/mol. The minimum Gasteiger partial charge on any atom is -0.481 e. The molecule has 0 atom stereocenters. The van der Waals surface area contributed by atoms with E-state index in [0.29, 0.717) is 10.6 Å². The van der Waals surface area contributed by atoms with Gasteiger partial charge in [0.25, 0.3) is 0 Å². The zero-order chi connectivity index (χ0) is 14.8. The fraction of sp³-hybridized carbons (Fsp3) is 0.300. The van der Waals surface area contributed by atoms with Crippen molar-refractivity contribution < 1.29 is 18.3 Å². The zero-order valence-corrected chi connectivity index (χ0v) is 12.1. The van der Waals surface area contributed by atoms with Gasteiger partial charge in [-0.1, -0.05) is 5.21 Å². The Kier molecular flexibility index (Phi) is 4.16. The number of thiophene rings is 1. The molecular weight excluding hydrogens is 304 g/mol. The minimum absolute atomic E-state index is 0.0675. The summed E-state index contributed by atoms with van der Waals surface area (Å²) in [6.45, 7) is 0.0675. The molecule has 0 amide bonds. The van der Waals surface area contributed by atoms with Gasteiger partial charge >= 0.3 is 5.97 Å². The van der Waals surface area contributed by atoms with Crippen molar-refractivity contribution in [3.05, 3.63) is 28.9 Å². The third kappa shape index (κ3) is 3.40. The van der Waals surface area contributed by atoms with Crippen LogP contribution in [0.5, 0.6) is 0 Å². The van der Waals surface area contributed by atoms with E-state index in [2.05, 4.69) is 15.0 Å². The van der Waals surface area contributed by atoms with Gasteiger partial charge < -0.3 is 5.11 Å². The molecule has 0 aliphatic rings. The lowest BCUT2D eigenvalue weighted by molar-refractivity contribution is -0.136. The first-order valence-electron chi connectivity index (χ1n) is 5.52. The van der Waals surface area contributed by atoms with Crippen LogP contribution < -0.4 is 4.72 Å². The summed E-state index contributed by atoms with van der Waals surface area (Å²) in [5, 5.41) is 16.0. The molecule has 20 heavy (non-hydrogen) atoms. The molecular formula is C10H12N4O4S2. The molecule has 2 aromatic rings. The van der Waals surface area contributed by atoms with Crippen molar-refractivity contribution in [1.82, 2.24) is 19.7 Å². The van der Waals surface area contributed by atoms with E-state index in [0.717, 1.165) is 11.3 Å². The number of aromatic nitrogens is 3. The van der Waals surface area contributed by atoms with Gasteiger partial charge in [0.1, 0.15) is 4.21 Å². The molecule has 0 aliphatic carbocycles. The van der Waals surface area contributed by atoms with Crippen LogP contribution in [0.25, 0.3) is 0 Å². The number of carbonyl (C=O) groups is 1. The van der Waals surface area contributed by atoms with Crippen LogP contribution in [0.4, 0.5) is 0 Å². The van der Waals surface area contributed by atoms with Gasteiger partial charge in [-0.3, -0.25) is 9.48 Å². The van der Waals surface area contributed by atoms with Crippen molar-refractivity contribution in [2.24, 2.45) is 7.05 Å². The highest BCUT2D eigenvalue weighted by molar-refractivity contribution is 7.91. The van der Waals surface area contributed by atoms with Crippen LogP contribution in [0.2, 0.25) is 0 Å². The van der Waals surface area contributed by atoms with Gasteiger partial charge in [0.05, 0.1) is 24.9 Å². The Morgan fingerprint density at radius 3 is 2.85 bits per heavy atom. The number of rotatable bonds is 6. The zero-order valence-electron chi connectivity index (χ0n) is 10.5. The molecule has 0 bridgehead atoms. The number of nitrogens with one attached hydrogen (secondary N) is 1. The summed E-state index contributed by atoms with van der Waals surface area (Å²) in [5.74, 6) is -0.996. The maximum Gasteiger partial charge on any atom is 0.308 e. The maximum atomic E-state index is 12.0. The highest BCUT2D eigenvalue weighted by Gasteiger charge is 2.18. The number of aryl methyl sites for hydroxylation is 1. The van der Waals surface area contributed by atoms with Gasteiger partial charge in [-0.25, -0.2) is 13.1 Å². The first-order valence-corrected chi connectivity index (χ1v) is 7.82. The van der Waals surface area contributed by atoms with Gasteiger partial charge in [0, 0.05) is 11.9 Å². The Hall–Kier alpha value is -1.78. The predicted octanol–water partition coefficient (Wildman–Crippen LogP) is -0.0178. The number of hydrogen-bond acceptors (Lipinski definition) is 6. The Bertz CT molecular complexity index is 719. The second kappa shape index (κ2) is 5.69. The summed E-state index contributed by atoms with van der Waals surface area (Å²) in [4.78, 5) is 11.1. The van der Waals surface area contributed by atoms with Gasteiger partial charge in [0.2, 0.25) is 10.0 Å². The molecule has 2 N–H and O–H groups in total. The van der Waals surface area contributed by atoms with Crippen molar-refractivity contribution in [3.8, 4) is 0 Å². The molecule has 0 saturated heterocycles. The second-order valence-electron chi connectivity index (χ2n) is 3.96. The van der Waals surface area contributed by atoms with E-state index in [1.807, 2.05) is 0 Å². The van der Waals surface area contributed by atoms with Crippen molar-refractivity contribution in [3.63, 3.8) is 0 Å².